The second-order valence-corrected chi connectivity index (χ2v) is 11.8. The molecule has 1 fully saturated rings. The van der Waals surface area contributed by atoms with E-state index in [0.717, 1.165) is 12.8 Å². The summed E-state index contributed by atoms with van der Waals surface area (Å²) in [5.74, 6) is -0.466. The average molecular weight is 606 g/mol. The lowest BCUT2D eigenvalue weighted by Crippen LogP contribution is -2.34. The van der Waals surface area contributed by atoms with Crippen LogP contribution in [0, 0.1) is 5.92 Å². The van der Waals surface area contributed by atoms with Crippen LogP contribution in [0.4, 0.5) is 17.5 Å². The van der Waals surface area contributed by atoms with Crippen molar-refractivity contribution >= 4 is 42.4 Å². The molecule has 2 aliphatic rings. The van der Waals surface area contributed by atoms with Gasteiger partial charge in [-0.25, -0.2) is 19.4 Å². The topological polar surface area (TPSA) is 167 Å². The molecule has 43 heavy (non-hydrogen) atoms. The summed E-state index contributed by atoms with van der Waals surface area (Å²) in [7, 11) is -3.38. The van der Waals surface area contributed by atoms with Crippen LogP contribution in [0.15, 0.2) is 79.1 Å². The lowest BCUT2D eigenvalue weighted by molar-refractivity contribution is -0.139. The van der Waals surface area contributed by atoms with Crippen molar-refractivity contribution in [2.24, 2.45) is 5.92 Å². The minimum Gasteiger partial charge on any atom is -0.369 e. The first-order chi connectivity index (χ1) is 20.8. The highest BCUT2D eigenvalue weighted by Gasteiger charge is 2.37. The van der Waals surface area contributed by atoms with Gasteiger partial charge in [0.1, 0.15) is 0 Å². The monoisotopic (exact) mass is 605 g/mol. The number of rotatable bonds is 12. The molecule has 1 unspecified atom stereocenters. The van der Waals surface area contributed by atoms with Crippen molar-refractivity contribution in [1.29, 1.82) is 0 Å². The minimum atomic E-state index is -4.79. The third kappa shape index (κ3) is 6.55. The van der Waals surface area contributed by atoms with E-state index in [4.69, 9.17) is 19.6 Å². The third-order valence-electron chi connectivity index (χ3n) is 7.30. The molecule has 2 aromatic carbocycles. The number of carbonyl (C=O) groups excluding carboxylic acids is 1. The predicted octanol–water partition coefficient (Wildman–Crippen LogP) is 4.57. The molecule has 13 nitrogen and oxygen atoms in total. The van der Waals surface area contributed by atoms with Gasteiger partial charge in [-0.1, -0.05) is 60.7 Å². The summed E-state index contributed by atoms with van der Waals surface area (Å²) < 4.78 is 25.3. The molecule has 2 aliphatic carbocycles. The zero-order valence-corrected chi connectivity index (χ0v) is 24.3. The summed E-state index contributed by atoms with van der Waals surface area (Å²) in [5, 5.41) is 4.67. The minimum absolute atomic E-state index is 0.133. The number of aromatic nitrogens is 4. The molecule has 0 bridgehead atoms. The first-order valence-corrected chi connectivity index (χ1v) is 15.4. The Bertz CT molecular complexity index is 1660. The fourth-order valence-corrected chi connectivity index (χ4v) is 5.86. The normalized spacial score (nSPS) is 20.0. The van der Waals surface area contributed by atoms with E-state index in [1.165, 1.54) is 12.2 Å². The Kier molecular flexibility index (Phi) is 8.13. The highest BCUT2D eigenvalue weighted by molar-refractivity contribution is 7.48. The third-order valence-corrected chi connectivity index (χ3v) is 8.19. The number of anilines is 3. The molecule has 0 saturated heterocycles. The number of para-hydroxylation sites is 1. The number of nitrogen functional groups attached to an aromatic ring is 1. The molecule has 2 aromatic heterocycles. The van der Waals surface area contributed by atoms with Crippen LogP contribution < -0.4 is 16.1 Å². The summed E-state index contributed by atoms with van der Waals surface area (Å²) >= 11 is 0. The number of fused-ring (bicyclic) bond motifs is 1. The van der Waals surface area contributed by atoms with Crippen LogP contribution in [0.25, 0.3) is 11.2 Å². The number of hydrogen-bond donors (Lipinski definition) is 3. The predicted molar refractivity (Wildman–Crippen MR) is 160 cm³/mol. The molecule has 224 valence electrons. The zero-order chi connectivity index (χ0) is 30.0. The summed E-state index contributed by atoms with van der Waals surface area (Å²) in [6.45, 7) is -0.144. The highest BCUT2D eigenvalue weighted by Crippen LogP contribution is 2.47. The van der Waals surface area contributed by atoms with Crippen molar-refractivity contribution in [3.05, 3.63) is 84.7 Å². The van der Waals surface area contributed by atoms with E-state index < -0.39 is 19.8 Å². The van der Waals surface area contributed by atoms with Gasteiger partial charge in [0.25, 0.3) is 0 Å². The van der Waals surface area contributed by atoms with Gasteiger partial charge in [-0.15, -0.1) is 0 Å². The van der Waals surface area contributed by atoms with Gasteiger partial charge in [-0.3, -0.25) is 14.3 Å². The largest absolute Gasteiger partial charge is 0.529 e. The van der Waals surface area contributed by atoms with Crippen LogP contribution in [0.2, 0.25) is 0 Å². The number of phosphoric ester groups is 1. The number of nitrogens with zero attached hydrogens (tertiary/aromatic N) is 5. The molecule has 4 aromatic rings. The van der Waals surface area contributed by atoms with Crippen molar-refractivity contribution in [2.45, 2.75) is 37.4 Å². The average Bonchev–Trinajstić information content (AvgIpc) is 3.51. The quantitative estimate of drug-likeness (QED) is 0.117. The van der Waals surface area contributed by atoms with Crippen molar-refractivity contribution in [3.8, 4) is 0 Å². The van der Waals surface area contributed by atoms with Crippen molar-refractivity contribution in [2.75, 3.05) is 29.8 Å². The molecule has 0 amide bonds. The van der Waals surface area contributed by atoms with E-state index in [2.05, 4.69) is 20.3 Å². The van der Waals surface area contributed by atoms with E-state index in [0.29, 0.717) is 40.7 Å². The maximum atomic E-state index is 13.4. The molecule has 4 atom stereocenters. The van der Waals surface area contributed by atoms with Gasteiger partial charge in [0.2, 0.25) is 5.95 Å². The molecule has 6 rings (SSSR count). The standard InChI is InChI=1S/C29H32N7O6P/c1-40-36(22-10-6-3-7-11-22)25(20-8-4-2-5-9-20)28(37)42-43(38,39)41-17-19-12-15-23(16-19)35-18-31-24-26(32-21-13-14-21)33-29(30)34-27(24)35/h2-12,15,18-19,21,23,25H,13-14,16-17H2,1H3,(H,38,39)(H3,30,32,33,34)/t19-,23+,25+/m1/s1. The Balaban J connectivity index is 1.11. The van der Waals surface area contributed by atoms with Crippen LogP contribution in [0.5, 0.6) is 0 Å². The Morgan fingerprint density at radius 2 is 1.86 bits per heavy atom. The van der Waals surface area contributed by atoms with E-state index >= 15 is 0 Å². The molecule has 1 saturated carbocycles. The van der Waals surface area contributed by atoms with Crippen LogP contribution in [0.3, 0.4) is 0 Å². The number of phosphoric acid groups is 1. The Morgan fingerprint density at radius 3 is 2.56 bits per heavy atom. The van der Waals surface area contributed by atoms with Crippen molar-refractivity contribution in [3.63, 3.8) is 0 Å². The number of allylic oxidation sites excluding steroid dienone is 1. The van der Waals surface area contributed by atoms with Gasteiger partial charge in [-0.05, 0) is 37.0 Å². The Morgan fingerprint density at radius 1 is 1.14 bits per heavy atom. The van der Waals surface area contributed by atoms with Crippen molar-refractivity contribution < 1.29 is 28.1 Å². The van der Waals surface area contributed by atoms with Crippen molar-refractivity contribution in [1.82, 2.24) is 19.5 Å². The summed E-state index contributed by atoms with van der Waals surface area (Å²) in [6.07, 6.45) is 8.23. The maximum Gasteiger partial charge on any atom is 0.529 e. The van der Waals surface area contributed by atoms with E-state index in [1.54, 1.807) is 60.9 Å². The molecule has 4 N–H and O–H groups in total. The van der Waals surface area contributed by atoms with Gasteiger partial charge >= 0.3 is 13.8 Å². The van der Waals surface area contributed by atoms with E-state index in [9.17, 15) is 14.3 Å². The number of carbonyl (C=O) groups is 1. The number of benzene rings is 2. The fraction of sp³-hybridized carbons (Fsp3) is 0.310. The van der Waals surface area contributed by atoms with Gasteiger partial charge in [0, 0.05) is 12.0 Å². The van der Waals surface area contributed by atoms with Gasteiger partial charge in [0.05, 0.1) is 31.8 Å². The summed E-state index contributed by atoms with van der Waals surface area (Å²) in [6, 6.07) is 16.7. The first-order valence-electron chi connectivity index (χ1n) is 13.9. The van der Waals surface area contributed by atoms with Gasteiger partial charge in [-0.2, -0.15) is 9.97 Å². The van der Waals surface area contributed by atoms with Crippen LogP contribution >= 0.6 is 7.82 Å². The lowest BCUT2D eigenvalue weighted by Gasteiger charge is -2.30. The van der Waals surface area contributed by atoms with Crippen LogP contribution in [-0.2, 0) is 23.2 Å². The molecule has 0 radical (unpaired) electrons. The fourth-order valence-electron chi connectivity index (χ4n) is 5.10. The van der Waals surface area contributed by atoms with Crippen LogP contribution in [0.1, 0.15) is 36.9 Å². The Labute approximate surface area is 247 Å². The van der Waals surface area contributed by atoms with E-state index in [1.807, 2.05) is 22.8 Å². The summed E-state index contributed by atoms with van der Waals surface area (Å²) in [4.78, 5) is 42.7. The lowest BCUT2D eigenvalue weighted by atomic mass is 10.1. The maximum absolute atomic E-state index is 13.4. The SMILES string of the molecule is CON(c1ccccc1)[C@H](C(=O)OP(=O)(O)OC[C@@H]1C=C[C@H](n2cnc3c(NC4CC4)nc(N)nc32)C1)c1ccccc1. The number of hydroxylamine groups is 1. The van der Waals surface area contributed by atoms with Gasteiger partial charge in [0.15, 0.2) is 23.0 Å². The first kappa shape index (κ1) is 28.8. The summed E-state index contributed by atoms with van der Waals surface area (Å²) in [5.41, 5.74) is 8.27. The number of hydrogen-bond acceptors (Lipinski definition) is 11. The van der Waals surface area contributed by atoms with Gasteiger partial charge < -0.3 is 20.1 Å². The molecule has 2 heterocycles. The second-order valence-electron chi connectivity index (χ2n) is 10.5. The molecule has 14 heteroatoms. The molecular formula is C29H32N7O6P. The Hall–Kier alpha value is -4.29. The highest BCUT2D eigenvalue weighted by atomic mass is 31.2. The smallest absolute Gasteiger partial charge is 0.369 e. The second kappa shape index (κ2) is 12.1. The molecular weight excluding hydrogens is 573 g/mol. The van der Waals surface area contributed by atoms with E-state index in [-0.39, 0.29) is 24.5 Å². The number of nitrogens with one attached hydrogen (secondary N) is 1. The zero-order valence-electron chi connectivity index (χ0n) is 23.4. The number of imidazole rings is 1. The molecule has 0 spiro atoms. The number of nitrogens with two attached hydrogens (primary N) is 1. The molecule has 0 aliphatic heterocycles. The van der Waals surface area contributed by atoms with Crippen LogP contribution in [-0.4, -0.2) is 50.1 Å².